The number of rotatable bonds is 43. The van der Waals surface area contributed by atoms with Crippen molar-refractivity contribution >= 4 is 25.7 Å². The average molecular weight is 818 g/mol. The molecule has 0 amide bonds. The van der Waals surface area contributed by atoms with Crippen molar-refractivity contribution in [2.24, 2.45) is 5.73 Å². The first-order chi connectivity index (χ1) is 27.1. The minimum atomic E-state index is -4.71. The van der Waals surface area contributed by atoms with Crippen molar-refractivity contribution in [3.8, 4) is 0 Å². The lowest BCUT2D eigenvalue weighted by atomic mass is 10.0. The van der Waals surface area contributed by atoms with E-state index in [1.165, 1.54) is 141 Å². The Morgan fingerprint density at radius 2 is 0.893 bits per heavy atom. The van der Waals surface area contributed by atoms with Gasteiger partial charge in [0, 0.05) is 12.8 Å². The maximum Gasteiger partial charge on any atom is 0.472 e. The lowest BCUT2D eigenvalue weighted by Gasteiger charge is -2.20. The molecular weight excluding hydrogens is 733 g/mol. The molecule has 0 radical (unpaired) electrons. The van der Waals surface area contributed by atoms with Gasteiger partial charge >= 0.3 is 25.7 Å². The van der Waals surface area contributed by atoms with E-state index in [1.807, 2.05) is 0 Å². The smallest absolute Gasteiger partial charge is 0.472 e. The van der Waals surface area contributed by atoms with Crippen molar-refractivity contribution in [1.29, 1.82) is 0 Å². The molecule has 0 saturated heterocycles. The van der Waals surface area contributed by atoms with Gasteiger partial charge < -0.3 is 25.2 Å². The Kier molecular flexibility index (Phi) is 38.7. The third-order valence-corrected chi connectivity index (χ3v) is 11.0. The van der Waals surface area contributed by atoms with Crippen molar-refractivity contribution in [2.45, 2.75) is 231 Å². The molecule has 0 bridgehead atoms. The number of carbonyl (C=O) groups is 3. The van der Waals surface area contributed by atoms with Gasteiger partial charge in [0.1, 0.15) is 12.6 Å². The number of allylic oxidation sites excluding steroid dienone is 2. The Balaban J connectivity index is 4.27. The van der Waals surface area contributed by atoms with Gasteiger partial charge in [0.25, 0.3) is 0 Å². The van der Waals surface area contributed by atoms with Gasteiger partial charge in [-0.15, -0.1) is 0 Å². The maximum atomic E-state index is 12.6. The Morgan fingerprint density at radius 3 is 1.30 bits per heavy atom. The summed E-state index contributed by atoms with van der Waals surface area (Å²) in [7, 11) is -4.71. The summed E-state index contributed by atoms with van der Waals surface area (Å²) in [6, 6.07) is -1.52. The van der Waals surface area contributed by atoms with Gasteiger partial charge in [0.2, 0.25) is 0 Å². The molecule has 3 atom stereocenters. The first-order valence-electron chi connectivity index (χ1n) is 22.7. The second-order valence-corrected chi connectivity index (χ2v) is 17.0. The molecule has 0 spiro atoms. The number of nitrogens with two attached hydrogens (primary N) is 1. The second kappa shape index (κ2) is 40.0. The molecule has 4 N–H and O–H groups in total. The highest BCUT2D eigenvalue weighted by molar-refractivity contribution is 7.47. The fraction of sp³-hybridized carbons (Fsp3) is 0.886. The molecule has 0 aliphatic heterocycles. The normalized spacial score (nSPS) is 13.8. The van der Waals surface area contributed by atoms with E-state index in [-0.39, 0.29) is 19.4 Å². The largest absolute Gasteiger partial charge is 0.480 e. The number of esters is 2. The summed E-state index contributed by atoms with van der Waals surface area (Å²) in [6.07, 6.45) is 39.9. The van der Waals surface area contributed by atoms with E-state index in [4.69, 9.17) is 24.8 Å². The quantitative estimate of drug-likeness (QED) is 0.0231. The van der Waals surface area contributed by atoms with Crippen LogP contribution >= 0.6 is 7.82 Å². The topological polar surface area (TPSA) is 172 Å². The van der Waals surface area contributed by atoms with E-state index in [2.05, 4.69) is 30.5 Å². The van der Waals surface area contributed by atoms with Crippen molar-refractivity contribution in [2.75, 3.05) is 19.8 Å². The molecule has 0 rings (SSSR count). The second-order valence-electron chi connectivity index (χ2n) is 15.5. The number of carboxylic acids is 1. The molecule has 0 fully saturated rings. The standard InChI is InChI=1S/C44H84NO10P/c1-3-5-7-9-11-13-15-17-18-19-20-21-22-24-25-27-29-31-33-35-42(46)52-37-40(38-53-56(50,51)54-39-41(45)44(48)49)55-43(47)36-34-32-30-28-26-23-16-14-12-10-8-6-4-2/h17-18,40-41H,3-16,19-39,45H2,1-2H3,(H,48,49)(H,50,51)/b18-17+/t40-,41+/m0/s1. The number of aliphatic carboxylic acids is 1. The molecule has 330 valence electrons. The molecule has 12 heteroatoms. The van der Waals surface area contributed by atoms with E-state index in [0.717, 1.165) is 38.5 Å². The summed E-state index contributed by atoms with van der Waals surface area (Å²) in [6.45, 7) is 2.82. The van der Waals surface area contributed by atoms with Crippen LogP contribution in [0.15, 0.2) is 12.2 Å². The van der Waals surface area contributed by atoms with Crippen molar-refractivity contribution in [3.05, 3.63) is 12.2 Å². The number of phosphoric ester groups is 1. The number of carboxylic acid groups (broad SMARTS) is 1. The highest BCUT2D eigenvalue weighted by Gasteiger charge is 2.28. The Hall–Kier alpha value is -1.78. The molecule has 56 heavy (non-hydrogen) atoms. The van der Waals surface area contributed by atoms with Crippen LogP contribution in [0.25, 0.3) is 0 Å². The molecular formula is C44H84NO10P. The van der Waals surface area contributed by atoms with Gasteiger partial charge in [-0.05, 0) is 38.5 Å². The Morgan fingerprint density at radius 1 is 0.536 bits per heavy atom. The van der Waals surface area contributed by atoms with Crippen LogP contribution in [0, 0.1) is 0 Å². The molecule has 0 saturated carbocycles. The van der Waals surface area contributed by atoms with Crippen LogP contribution in [-0.4, -0.2) is 59.9 Å². The molecule has 0 aliphatic carbocycles. The minimum Gasteiger partial charge on any atom is -0.480 e. The summed E-state index contributed by atoms with van der Waals surface area (Å²) in [5.74, 6) is -2.37. The molecule has 11 nitrogen and oxygen atoms in total. The summed E-state index contributed by atoms with van der Waals surface area (Å²) in [4.78, 5) is 46.0. The van der Waals surface area contributed by atoms with Crippen molar-refractivity contribution in [1.82, 2.24) is 0 Å². The summed E-state index contributed by atoms with van der Waals surface area (Å²) < 4.78 is 32.7. The molecule has 1 unspecified atom stereocenters. The van der Waals surface area contributed by atoms with Crippen LogP contribution in [0.2, 0.25) is 0 Å². The maximum absolute atomic E-state index is 12.6. The van der Waals surface area contributed by atoms with Crippen molar-refractivity contribution in [3.63, 3.8) is 0 Å². The third-order valence-electron chi connectivity index (χ3n) is 10.0. The number of hydrogen-bond donors (Lipinski definition) is 3. The fourth-order valence-corrected chi connectivity index (χ4v) is 7.19. The lowest BCUT2D eigenvalue weighted by Crippen LogP contribution is -2.34. The summed E-state index contributed by atoms with van der Waals surface area (Å²) >= 11 is 0. The zero-order valence-corrected chi connectivity index (χ0v) is 36.6. The summed E-state index contributed by atoms with van der Waals surface area (Å²) in [5.41, 5.74) is 5.33. The van der Waals surface area contributed by atoms with Gasteiger partial charge in [-0.25, -0.2) is 4.57 Å². The van der Waals surface area contributed by atoms with Crippen LogP contribution < -0.4 is 5.73 Å². The van der Waals surface area contributed by atoms with Gasteiger partial charge in [-0.3, -0.25) is 23.4 Å². The van der Waals surface area contributed by atoms with E-state index in [0.29, 0.717) is 12.8 Å². The van der Waals surface area contributed by atoms with E-state index >= 15 is 0 Å². The third kappa shape index (κ3) is 39.1. The summed E-state index contributed by atoms with van der Waals surface area (Å²) in [5, 5.41) is 8.89. The van der Waals surface area contributed by atoms with Crippen LogP contribution in [0.3, 0.4) is 0 Å². The van der Waals surface area contributed by atoms with Gasteiger partial charge in [-0.1, -0.05) is 180 Å². The minimum absolute atomic E-state index is 0.166. The monoisotopic (exact) mass is 818 g/mol. The van der Waals surface area contributed by atoms with Gasteiger partial charge in [0.05, 0.1) is 13.2 Å². The fourth-order valence-electron chi connectivity index (χ4n) is 6.41. The van der Waals surface area contributed by atoms with E-state index < -0.39 is 51.1 Å². The van der Waals surface area contributed by atoms with Crippen LogP contribution in [0.4, 0.5) is 0 Å². The molecule has 0 heterocycles. The lowest BCUT2D eigenvalue weighted by molar-refractivity contribution is -0.161. The average Bonchev–Trinajstić information content (AvgIpc) is 3.17. The molecule has 0 aromatic rings. The first kappa shape index (κ1) is 54.2. The van der Waals surface area contributed by atoms with Crippen molar-refractivity contribution < 1.29 is 47.5 Å². The van der Waals surface area contributed by atoms with E-state index in [1.54, 1.807) is 0 Å². The van der Waals surface area contributed by atoms with Gasteiger partial charge in [0.15, 0.2) is 6.10 Å². The predicted molar refractivity (Wildman–Crippen MR) is 226 cm³/mol. The Bertz CT molecular complexity index is 1010. The number of ether oxygens (including phenoxy) is 2. The zero-order chi connectivity index (χ0) is 41.4. The first-order valence-corrected chi connectivity index (χ1v) is 24.2. The van der Waals surface area contributed by atoms with Crippen LogP contribution in [-0.2, 0) is 37.5 Å². The number of phosphoric acid groups is 1. The van der Waals surface area contributed by atoms with Crippen LogP contribution in [0.5, 0.6) is 0 Å². The molecule has 0 aromatic carbocycles. The SMILES string of the molecule is CCCCCCCC/C=C/CCCCCCCCCCCC(=O)OC[C@@H](COP(=O)(O)OC[C@@H](N)C(=O)O)OC(=O)CCCCCCCCCCCCCCC. The highest BCUT2D eigenvalue weighted by atomic mass is 31.2. The number of hydrogen-bond acceptors (Lipinski definition) is 9. The Labute approximate surface area is 341 Å². The number of carbonyl (C=O) groups excluding carboxylic acids is 2. The predicted octanol–water partition coefficient (Wildman–Crippen LogP) is 12.1. The van der Waals surface area contributed by atoms with Gasteiger partial charge in [-0.2, -0.15) is 0 Å². The van der Waals surface area contributed by atoms with Crippen LogP contribution in [0.1, 0.15) is 219 Å². The van der Waals surface area contributed by atoms with E-state index in [9.17, 15) is 23.8 Å². The number of unbranched alkanes of at least 4 members (excludes halogenated alkanes) is 27. The molecule has 0 aliphatic rings. The zero-order valence-electron chi connectivity index (χ0n) is 35.7. The highest BCUT2D eigenvalue weighted by Crippen LogP contribution is 2.43. The molecule has 0 aromatic heterocycles.